The Morgan fingerprint density at radius 1 is 0.944 bits per heavy atom. The number of benzene rings is 2. The van der Waals surface area contributed by atoms with Crippen LogP contribution in [0.3, 0.4) is 0 Å². The van der Waals surface area contributed by atoms with Crippen molar-refractivity contribution >= 4 is 18.6 Å². The minimum atomic E-state index is -1.05. The van der Waals surface area contributed by atoms with E-state index in [0.29, 0.717) is 0 Å². The summed E-state index contributed by atoms with van der Waals surface area (Å²) >= 11 is 4.59. The molecule has 0 atom stereocenters. The molecule has 0 spiro atoms. The van der Waals surface area contributed by atoms with Gasteiger partial charge in [-0.15, -0.1) is 12.6 Å². The van der Waals surface area contributed by atoms with Gasteiger partial charge in [0.15, 0.2) is 0 Å². The number of hydrogen-bond donors (Lipinski definition) is 1. The van der Waals surface area contributed by atoms with E-state index in [9.17, 15) is 4.79 Å². The van der Waals surface area contributed by atoms with Crippen LogP contribution in [0, 0.1) is 0 Å². The maximum atomic E-state index is 11.3. The lowest BCUT2D eigenvalue weighted by molar-refractivity contribution is -0.146. The molecule has 0 aliphatic carbocycles. The summed E-state index contributed by atoms with van der Waals surface area (Å²) in [6.45, 7) is 1.39. The number of esters is 1. The van der Waals surface area contributed by atoms with Crippen LogP contribution in [0.2, 0.25) is 0 Å². The summed E-state index contributed by atoms with van der Waals surface area (Å²) in [5.41, 5.74) is 1.66. The van der Waals surface area contributed by atoms with Gasteiger partial charge in [0.25, 0.3) is 0 Å². The summed E-state index contributed by atoms with van der Waals surface area (Å²) in [5.74, 6) is -0.363. The summed E-state index contributed by atoms with van der Waals surface area (Å²) in [5, 5.41) is 0. The zero-order chi connectivity index (χ0) is 13.0. The van der Waals surface area contributed by atoms with Crippen LogP contribution >= 0.6 is 12.6 Å². The Hall–Kier alpha value is -1.74. The van der Waals surface area contributed by atoms with Gasteiger partial charge in [-0.3, -0.25) is 4.79 Å². The Kier molecular flexibility index (Phi) is 3.72. The number of ether oxygens (including phenoxy) is 1. The Bertz CT molecular complexity index is 483. The first-order valence-electron chi connectivity index (χ1n) is 5.66. The van der Waals surface area contributed by atoms with Crippen molar-refractivity contribution in [2.45, 2.75) is 11.9 Å². The number of carbonyl (C=O) groups is 1. The third kappa shape index (κ3) is 2.57. The molecule has 3 heteroatoms. The third-order valence-electron chi connectivity index (χ3n) is 2.62. The van der Waals surface area contributed by atoms with E-state index in [1.165, 1.54) is 6.92 Å². The average molecular weight is 258 g/mol. The van der Waals surface area contributed by atoms with Crippen molar-refractivity contribution in [3.63, 3.8) is 0 Å². The molecule has 0 saturated carbocycles. The Labute approximate surface area is 112 Å². The van der Waals surface area contributed by atoms with Crippen LogP contribution in [0.15, 0.2) is 60.7 Å². The van der Waals surface area contributed by atoms with Crippen molar-refractivity contribution in [1.82, 2.24) is 0 Å². The van der Waals surface area contributed by atoms with Crippen molar-refractivity contribution in [1.29, 1.82) is 0 Å². The van der Waals surface area contributed by atoms with E-state index >= 15 is 0 Å². The number of thiol groups is 1. The summed E-state index contributed by atoms with van der Waals surface area (Å²) < 4.78 is 5.44. The van der Waals surface area contributed by atoms with Crippen LogP contribution in [-0.4, -0.2) is 5.97 Å². The Balaban J connectivity index is 2.51. The molecular weight excluding hydrogens is 244 g/mol. The molecule has 18 heavy (non-hydrogen) atoms. The van der Waals surface area contributed by atoms with E-state index in [1.54, 1.807) is 0 Å². The molecule has 2 nitrogen and oxygen atoms in total. The molecule has 0 radical (unpaired) electrons. The van der Waals surface area contributed by atoms with Gasteiger partial charge in [0.05, 0.1) is 0 Å². The molecular formula is C15H14O2S. The Morgan fingerprint density at radius 2 is 1.33 bits per heavy atom. The van der Waals surface area contributed by atoms with E-state index in [0.717, 1.165) is 11.1 Å². The lowest BCUT2D eigenvalue weighted by atomic mass is 10.0. The topological polar surface area (TPSA) is 26.3 Å². The summed E-state index contributed by atoms with van der Waals surface area (Å²) in [4.78, 5) is 10.3. The SMILES string of the molecule is CC(=O)OC(S)(c1ccccc1)c1ccccc1. The van der Waals surface area contributed by atoms with E-state index in [2.05, 4.69) is 12.6 Å². The van der Waals surface area contributed by atoms with Gasteiger partial charge in [-0.1, -0.05) is 60.7 Å². The lowest BCUT2D eigenvalue weighted by Gasteiger charge is -2.29. The van der Waals surface area contributed by atoms with E-state index < -0.39 is 4.93 Å². The predicted octanol–water partition coefficient (Wildman–Crippen LogP) is 3.38. The summed E-state index contributed by atoms with van der Waals surface area (Å²) in [6.07, 6.45) is 0. The zero-order valence-electron chi connectivity index (χ0n) is 10.0. The first kappa shape index (κ1) is 12.7. The maximum Gasteiger partial charge on any atom is 0.304 e. The van der Waals surface area contributed by atoms with Gasteiger partial charge in [-0.2, -0.15) is 0 Å². The normalized spacial score (nSPS) is 11.0. The first-order valence-corrected chi connectivity index (χ1v) is 6.10. The van der Waals surface area contributed by atoms with Crippen molar-refractivity contribution in [3.8, 4) is 0 Å². The molecule has 0 saturated heterocycles. The molecule has 92 valence electrons. The molecule has 0 aromatic heterocycles. The first-order chi connectivity index (χ1) is 8.63. The molecule has 0 aliphatic rings. The monoisotopic (exact) mass is 258 g/mol. The van der Waals surface area contributed by atoms with E-state index in [4.69, 9.17) is 4.74 Å². The zero-order valence-corrected chi connectivity index (χ0v) is 10.9. The second kappa shape index (κ2) is 5.27. The standard InChI is InChI=1S/C15H14O2S/c1-12(16)17-15(18,13-8-4-2-5-9-13)14-10-6-3-7-11-14/h2-11,18H,1H3. The van der Waals surface area contributed by atoms with Gasteiger partial charge in [0, 0.05) is 18.1 Å². The highest BCUT2D eigenvalue weighted by Gasteiger charge is 2.33. The molecule has 2 aromatic rings. The van der Waals surface area contributed by atoms with Gasteiger partial charge in [0.2, 0.25) is 4.93 Å². The third-order valence-corrected chi connectivity index (χ3v) is 3.23. The molecule has 2 rings (SSSR count). The van der Waals surface area contributed by atoms with Gasteiger partial charge < -0.3 is 4.74 Å². The molecule has 0 fully saturated rings. The molecule has 0 aliphatic heterocycles. The average Bonchev–Trinajstić information content (AvgIpc) is 2.40. The molecule has 0 N–H and O–H groups in total. The van der Waals surface area contributed by atoms with Crippen LogP contribution in [-0.2, 0) is 14.5 Å². The number of rotatable bonds is 3. The summed E-state index contributed by atoms with van der Waals surface area (Å²) in [6, 6.07) is 19.0. The second-order valence-corrected chi connectivity index (χ2v) is 4.60. The van der Waals surface area contributed by atoms with Gasteiger partial charge in [-0.25, -0.2) is 0 Å². The fourth-order valence-electron chi connectivity index (χ4n) is 1.82. The van der Waals surface area contributed by atoms with Crippen LogP contribution < -0.4 is 0 Å². The second-order valence-electron chi connectivity index (χ2n) is 3.97. The van der Waals surface area contributed by atoms with Crippen molar-refractivity contribution < 1.29 is 9.53 Å². The van der Waals surface area contributed by atoms with E-state index in [-0.39, 0.29) is 5.97 Å². The highest BCUT2D eigenvalue weighted by Crippen LogP contribution is 2.37. The van der Waals surface area contributed by atoms with Crippen molar-refractivity contribution in [2.24, 2.45) is 0 Å². The fourth-order valence-corrected chi connectivity index (χ4v) is 2.25. The molecule has 2 aromatic carbocycles. The number of hydrogen-bond acceptors (Lipinski definition) is 3. The van der Waals surface area contributed by atoms with E-state index in [1.807, 2.05) is 60.7 Å². The Morgan fingerprint density at radius 3 is 1.67 bits per heavy atom. The van der Waals surface area contributed by atoms with Crippen LogP contribution in [0.4, 0.5) is 0 Å². The van der Waals surface area contributed by atoms with Gasteiger partial charge in [0.1, 0.15) is 0 Å². The largest absolute Gasteiger partial charge is 0.439 e. The maximum absolute atomic E-state index is 11.3. The van der Waals surface area contributed by atoms with Crippen LogP contribution in [0.25, 0.3) is 0 Å². The molecule has 0 bridgehead atoms. The van der Waals surface area contributed by atoms with Gasteiger partial charge in [-0.05, 0) is 0 Å². The highest BCUT2D eigenvalue weighted by atomic mass is 32.1. The lowest BCUT2D eigenvalue weighted by Crippen LogP contribution is -2.27. The molecule has 0 heterocycles. The van der Waals surface area contributed by atoms with Gasteiger partial charge >= 0.3 is 5.97 Å². The van der Waals surface area contributed by atoms with Crippen molar-refractivity contribution in [3.05, 3.63) is 71.8 Å². The molecule has 0 amide bonds. The van der Waals surface area contributed by atoms with Crippen LogP contribution in [0.5, 0.6) is 0 Å². The fraction of sp³-hybridized carbons (Fsp3) is 0.133. The quantitative estimate of drug-likeness (QED) is 0.519. The smallest absolute Gasteiger partial charge is 0.304 e. The highest BCUT2D eigenvalue weighted by molar-refractivity contribution is 7.81. The number of carbonyl (C=O) groups excluding carboxylic acids is 1. The summed E-state index contributed by atoms with van der Waals surface area (Å²) in [7, 11) is 0. The predicted molar refractivity (Wildman–Crippen MR) is 74.4 cm³/mol. The molecule has 0 unspecified atom stereocenters. The van der Waals surface area contributed by atoms with Crippen LogP contribution in [0.1, 0.15) is 18.1 Å². The minimum absolute atomic E-state index is 0.363. The van der Waals surface area contributed by atoms with Crippen molar-refractivity contribution in [2.75, 3.05) is 0 Å². The minimum Gasteiger partial charge on any atom is -0.439 e.